The summed E-state index contributed by atoms with van der Waals surface area (Å²) in [4.78, 5) is 24.4. The predicted octanol–water partition coefficient (Wildman–Crippen LogP) is 3.76. The lowest BCUT2D eigenvalue weighted by molar-refractivity contribution is 0.0724. The maximum atomic E-state index is 12.7. The summed E-state index contributed by atoms with van der Waals surface area (Å²) in [6, 6.07) is 13.3. The van der Waals surface area contributed by atoms with E-state index in [1.807, 2.05) is 17.0 Å². The van der Waals surface area contributed by atoms with Crippen molar-refractivity contribution < 1.29 is 4.79 Å². The number of rotatable bonds is 3. The van der Waals surface area contributed by atoms with E-state index in [1.54, 1.807) is 6.20 Å². The molecule has 4 heterocycles. The first-order valence-corrected chi connectivity index (χ1v) is 11.4. The normalized spacial score (nSPS) is 26.8. The van der Waals surface area contributed by atoms with Crippen molar-refractivity contribution in [1.29, 1.82) is 0 Å². The van der Waals surface area contributed by atoms with Crippen molar-refractivity contribution in [2.45, 2.75) is 32.2 Å². The lowest BCUT2D eigenvalue weighted by Gasteiger charge is -2.28. The molecule has 3 saturated heterocycles. The molecule has 0 N–H and O–H groups in total. The predicted molar refractivity (Wildman–Crippen MR) is 120 cm³/mol. The van der Waals surface area contributed by atoms with Gasteiger partial charge in [-0.2, -0.15) is 0 Å². The van der Waals surface area contributed by atoms with Crippen LogP contribution in [-0.4, -0.2) is 60.5 Å². The van der Waals surface area contributed by atoms with Gasteiger partial charge in [0.15, 0.2) is 0 Å². The minimum Gasteiger partial charge on any atom is -0.356 e. The van der Waals surface area contributed by atoms with Gasteiger partial charge in [-0.1, -0.05) is 24.3 Å². The lowest BCUT2D eigenvalue weighted by atomic mass is 9.88. The Morgan fingerprint density at radius 3 is 2.53 bits per heavy atom. The minimum absolute atomic E-state index is 0.133. The van der Waals surface area contributed by atoms with Crippen LogP contribution in [-0.2, 0) is 0 Å². The summed E-state index contributed by atoms with van der Waals surface area (Å²) in [5.41, 5.74) is 3.56. The fraction of sp³-hybridized carbons (Fsp3) is 0.520. The van der Waals surface area contributed by atoms with E-state index in [2.05, 4.69) is 48.0 Å². The molecule has 3 fully saturated rings. The topological polar surface area (TPSA) is 39.7 Å². The van der Waals surface area contributed by atoms with E-state index in [4.69, 9.17) is 4.98 Å². The Labute approximate surface area is 179 Å². The molecule has 158 valence electrons. The molecule has 0 bridgehead atoms. The first-order valence-electron chi connectivity index (χ1n) is 11.4. The third-order valence-corrected chi connectivity index (χ3v) is 7.36. The van der Waals surface area contributed by atoms with E-state index >= 15 is 0 Å². The van der Waals surface area contributed by atoms with Crippen LogP contribution >= 0.6 is 0 Å². The minimum atomic E-state index is 0.133. The fourth-order valence-electron chi connectivity index (χ4n) is 5.81. The summed E-state index contributed by atoms with van der Waals surface area (Å²) in [7, 11) is 2.26. The van der Waals surface area contributed by atoms with Gasteiger partial charge in [0.2, 0.25) is 0 Å². The number of hydrogen-bond acceptors (Lipinski definition) is 4. The molecule has 5 nitrogen and oxygen atoms in total. The Kier molecular flexibility index (Phi) is 5.23. The van der Waals surface area contributed by atoms with Crippen LogP contribution in [0.1, 0.15) is 46.8 Å². The quantitative estimate of drug-likeness (QED) is 0.781. The molecule has 5 rings (SSSR count). The molecule has 1 amide bonds. The summed E-state index contributed by atoms with van der Waals surface area (Å²) in [5.74, 6) is 2.42. The molecule has 0 radical (unpaired) electrons. The van der Waals surface area contributed by atoms with Crippen LogP contribution in [0.15, 0.2) is 42.6 Å². The molecule has 2 aromatic rings. The van der Waals surface area contributed by atoms with Crippen molar-refractivity contribution in [3.63, 3.8) is 0 Å². The van der Waals surface area contributed by atoms with Gasteiger partial charge < -0.3 is 9.80 Å². The van der Waals surface area contributed by atoms with Crippen molar-refractivity contribution in [3.8, 4) is 0 Å². The second-order valence-corrected chi connectivity index (χ2v) is 9.33. The third kappa shape index (κ3) is 3.49. The number of carbonyl (C=O) groups excluding carboxylic acids is 1. The van der Waals surface area contributed by atoms with Gasteiger partial charge in [-0.25, -0.2) is 4.98 Å². The van der Waals surface area contributed by atoms with Crippen LogP contribution in [0.25, 0.3) is 0 Å². The number of pyridine rings is 1. The number of carbonyl (C=O) groups is 1. The summed E-state index contributed by atoms with van der Waals surface area (Å²) in [5, 5.41) is 0. The highest BCUT2D eigenvalue weighted by Gasteiger charge is 2.46. The van der Waals surface area contributed by atoms with Crippen molar-refractivity contribution in [2.24, 2.45) is 11.8 Å². The van der Waals surface area contributed by atoms with Gasteiger partial charge in [0.05, 0.1) is 5.56 Å². The zero-order valence-corrected chi connectivity index (χ0v) is 18.1. The molecule has 1 aromatic carbocycles. The maximum absolute atomic E-state index is 12.7. The summed E-state index contributed by atoms with van der Waals surface area (Å²) < 4.78 is 0. The molecule has 3 atom stereocenters. The Hall–Kier alpha value is -2.40. The van der Waals surface area contributed by atoms with E-state index in [1.165, 1.54) is 17.5 Å². The van der Waals surface area contributed by atoms with Crippen LogP contribution < -0.4 is 4.90 Å². The highest BCUT2D eigenvalue weighted by Crippen LogP contribution is 2.45. The third-order valence-electron chi connectivity index (χ3n) is 7.36. The molecule has 0 saturated carbocycles. The summed E-state index contributed by atoms with van der Waals surface area (Å²) in [6.45, 7) is 7.19. The van der Waals surface area contributed by atoms with Gasteiger partial charge >= 0.3 is 0 Å². The maximum Gasteiger partial charge on any atom is 0.255 e. The average molecular weight is 405 g/mol. The zero-order valence-electron chi connectivity index (χ0n) is 18.1. The average Bonchev–Trinajstić information content (AvgIpc) is 3.31. The number of benzene rings is 1. The smallest absolute Gasteiger partial charge is 0.255 e. The molecule has 0 spiro atoms. The number of amides is 1. The van der Waals surface area contributed by atoms with E-state index in [9.17, 15) is 4.79 Å². The second-order valence-electron chi connectivity index (χ2n) is 9.33. The summed E-state index contributed by atoms with van der Waals surface area (Å²) in [6.07, 6.45) is 5.25. The van der Waals surface area contributed by atoms with Gasteiger partial charge in [0.25, 0.3) is 5.91 Å². The van der Waals surface area contributed by atoms with Crippen LogP contribution in [0.5, 0.6) is 0 Å². The van der Waals surface area contributed by atoms with Gasteiger partial charge in [-0.15, -0.1) is 0 Å². The lowest BCUT2D eigenvalue weighted by Crippen LogP contribution is -2.35. The standard InChI is InChI=1S/C25H32N4O/c1-18-8-4-5-9-21(18)24-22-17-29(16-20(22)15-27(24)2)23-11-10-19(14-26-23)25(30)28-12-6-3-7-13-28/h4-5,8-11,14,20,22,24H,3,6-7,12-13,15-17H2,1-2H3/t20-,22+,24-/m0/s1. The van der Waals surface area contributed by atoms with Gasteiger partial charge in [-0.05, 0) is 62.4 Å². The number of hydrogen-bond donors (Lipinski definition) is 0. The molecular formula is C25H32N4O. The first-order chi connectivity index (χ1) is 14.6. The number of piperidine rings is 1. The van der Waals surface area contributed by atoms with Crippen molar-refractivity contribution >= 4 is 11.7 Å². The highest BCUT2D eigenvalue weighted by molar-refractivity contribution is 5.94. The zero-order chi connectivity index (χ0) is 20.7. The van der Waals surface area contributed by atoms with Crippen LogP contribution in [0, 0.1) is 18.8 Å². The molecular weight excluding hydrogens is 372 g/mol. The molecule has 3 aliphatic rings. The van der Waals surface area contributed by atoms with Gasteiger partial charge in [0.1, 0.15) is 5.82 Å². The number of likely N-dealkylation sites (tertiary alicyclic amines) is 2. The fourth-order valence-corrected chi connectivity index (χ4v) is 5.81. The number of nitrogens with zero attached hydrogens (tertiary/aromatic N) is 4. The highest BCUT2D eigenvalue weighted by atomic mass is 16.2. The van der Waals surface area contributed by atoms with E-state index in [0.29, 0.717) is 17.9 Å². The van der Waals surface area contributed by atoms with Gasteiger partial charge in [0, 0.05) is 50.9 Å². The summed E-state index contributed by atoms with van der Waals surface area (Å²) >= 11 is 0. The monoisotopic (exact) mass is 404 g/mol. The number of aromatic nitrogens is 1. The van der Waals surface area contributed by atoms with E-state index in [-0.39, 0.29) is 5.91 Å². The molecule has 0 aliphatic carbocycles. The Morgan fingerprint density at radius 2 is 1.80 bits per heavy atom. The van der Waals surface area contributed by atoms with E-state index in [0.717, 1.165) is 56.9 Å². The van der Waals surface area contributed by atoms with Crippen molar-refractivity contribution in [3.05, 3.63) is 59.3 Å². The molecule has 30 heavy (non-hydrogen) atoms. The number of anilines is 1. The molecule has 0 unspecified atom stereocenters. The Bertz CT molecular complexity index is 906. The number of aryl methyl sites for hydroxylation is 1. The first kappa shape index (κ1) is 19.6. The van der Waals surface area contributed by atoms with Crippen LogP contribution in [0.3, 0.4) is 0 Å². The van der Waals surface area contributed by atoms with E-state index < -0.39 is 0 Å². The molecule has 5 heteroatoms. The Balaban J connectivity index is 1.30. The van der Waals surface area contributed by atoms with Crippen molar-refractivity contribution in [2.75, 3.05) is 44.7 Å². The molecule has 3 aliphatic heterocycles. The van der Waals surface area contributed by atoms with Crippen molar-refractivity contribution in [1.82, 2.24) is 14.8 Å². The van der Waals surface area contributed by atoms with Crippen LogP contribution in [0.4, 0.5) is 5.82 Å². The van der Waals surface area contributed by atoms with Crippen LogP contribution in [0.2, 0.25) is 0 Å². The number of fused-ring (bicyclic) bond motifs is 1. The van der Waals surface area contributed by atoms with Gasteiger partial charge in [-0.3, -0.25) is 9.69 Å². The second kappa shape index (κ2) is 8.03. The largest absolute Gasteiger partial charge is 0.356 e. The SMILES string of the molecule is Cc1ccccc1[C@H]1[C@@H]2CN(c3ccc(C(=O)N4CCCCC4)cn3)C[C@@H]2CN1C. The Morgan fingerprint density at radius 1 is 1.00 bits per heavy atom. The molecule has 1 aromatic heterocycles.